The molecule has 1 amide bonds. The highest BCUT2D eigenvalue weighted by Crippen LogP contribution is 2.17. The van der Waals surface area contributed by atoms with Crippen LogP contribution in [0.15, 0.2) is 24.3 Å². The molecule has 0 aliphatic carbocycles. The largest absolute Gasteiger partial charge is 0.378 e. The summed E-state index contributed by atoms with van der Waals surface area (Å²) >= 11 is 0. The second-order valence-electron chi connectivity index (χ2n) is 5.80. The number of nitrogens with zero attached hydrogens (tertiary/aromatic N) is 1. The van der Waals surface area contributed by atoms with Crippen LogP contribution in [0, 0.1) is 0 Å². The molecule has 0 radical (unpaired) electrons. The van der Waals surface area contributed by atoms with E-state index < -0.39 is 0 Å². The Balaban J connectivity index is 1.78. The predicted molar refractivity (Wildman–Crippen MR) is 83.6 cm³/mol. The monoisotopic (exact) mass is 290 g/mol. The van der Waals surface area contributed by atoms with Crippen molar-refractivity contribution in [2.45, 2.75) is 51.3 Å². The molecule has 2 N–H and O–H groups in total. The summed E-state index contributed by atoms with van der Waals surface area (Å²) in [4.78, 5) is 14.0. The van der Waals surface area contributed by atoms with Crippen LogP contribution in [0.3, 0.4) is 0 Å². The normalized spacial score (nSPS) is 18.5. The van der Waals surface area contributed by atoms with Crippen molar-refractivity contribution in [1.82, 2.24) is 4.90 Å². The molecule has 4 heteroatoms. The maximum atomic E-state index is 12.2. The molecule has 0 aromatic heterocycles. The molecule has 1 aliphatic heterocycles. The number of carbonyl (C=O) groups excluding carboxylic acids is 1. The van der Waals surface area contributed by atoms with Gasteiger partial charge in [0.15, 0.2) is 0 Å². The Hall–Kier alpha value is -1.39. The van der Waals surface area contributed by atoms with Crippen molar-refractivity contribution in [3.63, 3.8) is 0 Å². The summed E-state index contributed by atoms with van der Waals surface area (Å²) in [6.07, 6.45) is 5.15. The minimum atomic E-state index is 0.183. The van der Waals surface area contributed by atoms with Gasteiger partial charge in [0.2, 0.25) is 5.91 Å². The standard InChI is InChI=1S/C17H26N2O2/c1-19(13-15-6-4-5-14(11-15)12-18)17(20)9-8-16-7-2-3-10-21-16/h4-6,11,16H,2-3,7-10,12-13,18H2,1H3. The van der Waals surface area contributed by atoms with Gasteiger partial charge in [0.05, 0.1) is 6.10 Å². The van der Waals surface area contributed by atoms with E-state index >= 15 is 0 Å². The number of rotatable bonds is 6. The molecule has 0 spiro atoms. The molecular weight excluding hydrogens is 264 g/mol. The molecule has 1 unspecified atom stereocenters. The highest BCUT2D eigenvalue weighted by atomic mass is 16.5. The molecule has 116 valence electrons. The Labute approximate surface area is 127 Å². The summed E-state index contributed by atoms with van der Waals surface area (Å²) in [6.45, 7) is 2.02. The fourth-order valence-corrected chi connectivity index (χ4v) is 2.73. The Bertz CT molecular complexity index is 456. The smallest absolute Gasteiger partial charge is 0.222 e. The van der Waals surface area contributed by atoms with Crippen molar-refractivity contribution >= 4 is 5.91 Å². The van der Waals surface area contributed by atoms with Gasteiger partial charge in [-0.1, -0.05) is 24.3 Å². The highest BCUT2D eigenvalue weighted by molar-refractivity contribution is 5.75. The van der Waals surface area contributed by atoms with Crippen molar-refractivity contribution < 1.29 is 9.53 Å². The van der Waals surface area contributed by atoms with Crippen molar-refractivity contribution in [3.8, 4) is 0 Å². The van der Waals surface area contributed by atoms with E-state index in [2.05, 4.69) is 6.07 Å². The average Bonchev–Trinajstić information content (AvgIpc) is 2.53. The summed E-state index contributed by atoms with van der Waals surface area (Å²) in [7, 11) is 1.86. The molecule has 1 saturated heterocycles. The quantitative estimate of drug-likeness (QED) is 0.875. The lowest BCUT2D eigenvalue weighted by atomic mass is 10.0. The lowest BCUT2D eigenvalue weighted by molar-refractivity contribution is -0.131. The van der Waals surface area contributed by atoms with Crippen LogP contribution in [0.1, 0.15) is 43.2 Å². The van der Waals surface area contributed by atoms with Crippen LogP contribution in [0.5, 0.6) is 0 Å². The van der Waals surface area contributed by atoms with Gasteiger partial charge < -0.3 is 15.4 Å². The van der Waals surface area contributed by atoms with Crippen LogP contribution < -0.4 is 5.73 Å². The van der Waals surface area contributed by atoms with Gasteiger partial charge in [-0.2, -0.15) is 0 Å². The predicted octanol–water partition coefficient (Wildman–Crippen LogP) is 2.45. The first-order valence-electron chi connectivity index (χ1n) is 7.82. The number of nitrogens with two attached hydrogens (primary N) is 1. The van der Waals surface area contributed by atoms with Gasteiger partial charge in [-0.15, -0.1) is 0 Å². The van der Waals surface area contributed by atoms with Crippen molar-refractivity contribution in [2.24, 2.45) is 5.73 Å². The number of ether oxygens (including phenoxy) is 1. The molecule has 1 heterocycles. The van der Waals surface area contributed by atoms with Crippen molar-refractivity contribution in [2.75, 3.05) is 13.7 Å². The number of amides is 1. The van der Waals surface area contributed by atoms with E-state index in [1.807, 2.05) is 25.2 Å². The second kappa shape index (κ2) is 8.15. The highest BCUT2D eigenvalue weighted by Gasteiger charge is 2.17. The van der Waals surface area contributed by atoms with E-state index in [1.54, 1.807) is 4.90 Å². The van der Waals surface area contributed by atoms with Crippen LogP contribution >= 0.6 is 0 Å². The topological polar surface area (TPSA) is 55.6 Å². The Morgan fingerprint density at radius 3 is 2.90 bits per heavy atom. The van der Waals surface area contributed by atoms with Crippen LogP contribution in [0.4, 0.5) is 0 Å². The molecule has 1 aromatic rings. The molecule has 0 bridgehead atoms. The number of hydrogen-bond donors (Lipinski definition) is 1. The Morgan fingerprint density at radius 1 is 1.38 bits per heavy atom. The maximum absolute atomic E-state index is 12.2. The van der Waals surface area contributed by atoms with Gasteiger partial charge in [-0.25, -0.2) is 0 Å². The van der Waals surface area contributed by atoms with Gasteiger partial charge in [0.1, 0.15) is 0 Å². The molecule has 21 heavy (non-hydrogen) atoms. The fourth-order valence-electron chi connectivity index (χ4n) is 2.73. The van der Waals surface area contributed by atoms with Gasteiger partial charge in [0, 0.05) is 33.2 Å². The third-order valence-electron chi connectivity index (χ3n) is 4.03. The summed E-state index contributed by atoms with van der Waals surface area (Å²) in [5, 5.41) is 0. The first-order chi connectivity index (χ1) is 10.2. The molecule has 1 fully saturated rings. The third kappa shape index (κ3) is 5.14. The van der Waals surface area contributed by atoms with Crippen molar-refractivity contribution in [1.29, 1.82) is 0 Å². The molecule has 4 nitrogen and oxygen atoms in total. The SMILES string of the molecule is CN(Cc1cccc(CN)c1)C(=O)CCC1CCCCO1. The van der Waals surface area contributed by atoms with Gasteiger partial charge in [0.25, 0.3) is 0 Å². The van der Waals surface area contributed by atoms with Crippen LogP contribution in [0.25, 0.3) is 0 Å². The first kappa shape index (κ1) is 16.0. The molecule has 0 saturated carbocycles. The summed E-state index contributed by atoms with van der Waals surface area (Å²) < 4.78 is 5.67. The zero-order chi connectivity index (χ0) is 15.1. The zero-order valence-electron chi connectivity index (χ0n) is 12.9. The van der Waals surface area contributed by atoms with E-state index in [4.69, 9.17) is 10.5 Å². The lowest BCUT2D eigenvalue weighted by Crippen LogP contribution is -2.28. The van der Waals surface area contributed by atoms with E-state index in [0.29, 0.717) is 19.5 Å². The van der Waals surface area contributed by atoms with Gasteiger partial charge >= 0.3 is 0 Å². The lowest BCUT2D eigenvalue weighted by Gasteiger charge is -2.23. The molecule has 1 atom stereocenters. The van der Waals surface area contributed by atoms with Gasteiger partial charge in [-0.3, -0.25) is 4.79 Å². The van der Waals surface area contributed by atoms with E-state index in [9.17, 15) is 4.79 Å². The van der Waals surface area contributed by atoms with Gasteiger partial charge in [-0.05, 0) is 36.8 Å². The Morgan fingerprint density at radius 2 is 2.19 bits per heavy atom. The van der Waals surface area contributed by atoms with Crippen LogP contribution in [0.2, 0.25) is 0 Å². The maximum Gasteiger partial charge on any atom is 0.222 e. The average molecular weight is 290 g/mol. The molecule has 1 aromatic carbocycles. The Kier molecular flexibility index (Phi) is 6.21. The zero-order valence-corrected chi connectivity index (χ0v) is 12.9. The second-order valence-corrected chi connectivity index (χ2v) is 5.80. The summed E-state index contributed by atoms with van der Waals surface area (Å²) in [5.41, 5.74) is 7.87. The number of hydrogen-bond acceptors (Lipinski definition) is 3. The van der Waals surface area contributed by atoms with Crippen LogP contribution in [-0.2, 0) is 22.6 Å². The minimum absolute atomic E-state index is 0.183. The van der Waals surface area contributed by atoms with E-state index in [-0.39, 0.29) is 12.0 Å². The van der Waals surface area contributed by atoms with E-state index in [0.717, 1.165) is 37.0 Å². The molecular formula is C17H26N2O2. The summed E-state index contributed by atoms with van der Waals surface area (Å²) in [6, 6.07) is 8.10. The van der Waals surface area contributed by atoms with E-state index in [1.165, 1.54) is 6.42 Å². The summed E-state index contributed by atoms with van der Waals surface area (Å²) in [5.74, 6) is 0.183. The number of benzene rings is 1. The fraction of sp³-hybridized carbons (Fsp3) is 0.588. The molecule has 2 rings (SSSR count). The minimum Gasteiger partial charge on any atom is -0.378 e. The van der Waals surface area contributed by atoms with Crippen molar-refractivity contribution in [3.05, 3.63) is 35.4 Å². The molecule has 1 aliphatic rings. The van der Waals surface area contributed by atoms with Crippen LogP contribution in [-0.4, -0.2) is 30.6 Å². The number of carbonyl (C=O) groups is 1. The third-order valence-corrected chi connectivity index (χ3v) is 4.03. The first-order valence-corrected chi connectivity index (χ1v) is 7.82.